The van der Waals surface area contributed by atoms with Crippen LogP contribution in [0.4, 0.5) is 5.69 Å². The highest BCUT2D eigenvalue weighted by molar-refractivity contribution is 8.00. The van der Waals surface area contributed by atoms with Gasteiger partial charge in [-0.1, -0.05) is 18.2 Å². The number of anilines is 1. The number of hydrogen-bond acceptors (Lipinski definition) is 4. The fourth-order valence-electron chi connectivity index (χ4n) is 2.16. The molecule has 1 aromatic carbocycles. The van der Waals surface area contributed by atoms with E-state index >= 15 is 0 Å². The number of amides is 2. The van der Waals surface area contributed by atoms with Gasteiger partial charge < -0.3 is 15.3 Å². The van der Waals surface area contributed by atoms with Gasteiger partial charge in [0.25, 0.3) is 0 Å². The van der Waals surface area contributed by atoms with Crippen LogP contribution in [0.2, 0.25) is 0 Å². The van der Waals surface area contributed by atoms with Crippen LogP contribution in [0.5, 0.6) is 0 Å². The first-order valence-electron chi connectivity index (χ1n) is 6.50. The van der Waals surface area contributed by atoms with E-state index in [0.717, 1.165) is 17.4 Å². The average molecular weight is 308 g/mol. The number of carbonyl (C=O) groups excluding carboxylic acids is 2. The van der Waals surface area contributed by atoms with Crippen molar-refractivity contribution < 1.29 is 19.5 Å². The van der Waals surface area contributed by atoms with E-state index in [2.05, 4.69) is 5.32 Å². The SMILES string of the molecule is O=C(O)CSCC(=O)NC1CC(=O)N(c2ccccc2)C1. The molecule has 1 aliphatic heterocycles. The Bertz CT molecular complexity index is 535. The van der Waals surface area contributed by atoms with E-state index in [4.69, 9.17) is 5.11 Å². The topological polar surface area (TPSA) is 86.7 Å². The highest BCUT2D eigenvalue weighted by Crippen LogP contribution is 2.21. The Kier molecular flexibility index (Phi) is 5.21. The van der Waals surface area contributed by atoms with Gasteiger partial charge in [-0.25, -0.2) is 0 Å². The summed E-state index contributed by atoms with van der Waals surface area (Å²) in [6.45, 7) is 0.443. The standard InChI is InChI=1S/C14H16N2O4S/c17-12(8-21-9-14(19)20)15-10-6-13(18)16(7-10)11-4-2-1-3-5-11/h1-5,10H,6-9H2,(H,15,17)(H,19,20). The molecule has 1 atom stereocenters. The molecular weight excluding hydrogens is 292 g/mol. The summed E-state index contributed by atoms with van der Waals surface area (Å²) in [5, 5.41) is 11.3. The molecule has 1 heterocycles. The molecule has 2 N–H and O–H groups in total. The van der Waals surface area contributed by atoms with Gasteiger partial charge in [-0.2, -0.15) is 0 Å². The number of benzene rings is 1. The second kappa shape index (κ2) is 7.12. The van der Waals surface area contributed by atoms with Gasteiger partial charge in [-0.3, -0.25) is 14.4 Å². The van der Waals surface area contributed by atoms with E-state index in [-0.39, 0.29) is 35.8 Å². The molecule has 21 heavy (non-hydrogen) atoms. The maximum absolute atomic E-state index is 12.0. The average Bonchev–Trinajstić information content (AvgIpc) is 2.80. The van der Waals surface area contributed by atoms with Crippen molar-refractivity contribution in [1.29, 1.82) is 0 Å². The van der Waals surface area contributed by atoms with E-state index in [0.29, 0.717) is 6.54 Å². The summed E-state index contributed by atoms with van der Waals surface area (Å²) in [7, 11) is 0. The van der Waals surface area contributed by atoms with Crippen LogP contribution in [0.25, 0.3) is 0 Å². The monoisotopic (exact) mass is 308 g/mol. The summed E-state index contributed by atoms with van der Waals surface area (Å²) < 4.78 is 0. The Morgan fingerprint density at radius 1 is 1.29 bits per heavy atom. The highest BCUT2D eigenvalue weighted by atomic mass is 32.2. The summed E-state index contributed by atoms with van der Waals surface area (Å²) in [6.07, 6.45) is 0.268. The highest BCUT2D eigenvalue weighted by Gasteiger charge is 2.31. The largest absolute Gasteiger partial charge is 0.481 e. The molecule has 2 amide bonds. The molecule has 7 heteroatoms. The van der Waals surface area contributed by atoms with Gasteiger partial charge in [0.1, 0.15) is 0 Å². The predicted octanol–water partition coefficient (Wildman–Crippen LogP) is 0.726. The molecule has 1 fully saturated rings. The Balaban J connectivity index is 1.83. The Labute approximate surface area is 126 Å². The molecule has 1 saturated heterocycles. The maximum Gasteiger partial charge on any atom is 0.313 e. The number of rotatable bonds is 6. The Morgan fingerprint density at radius 3 is 2.67 bits per heavy atom. The lowest BCUT2D eigenvalue weighted by Gasteiger charge is -2.17. The van der Waals surface area contributed by atoms with Gasteiger partial charge in [0, 0.05) is 18.7 Å². The summed E-state index contributed by atoms with van der Waals surface area (Å²) in [5.74, 6) is -1.23. The van der Waals surface area contributed by atoms with E-state index < -0.39 is 5.97 Å². The summed E-state index contributed by atoms with van der Waals surface area (Å²) in [6, 6.07) is 9.07. The number of carboxylic acids is 1. The van der Waals surface area contributed by atoms with Crippen molar-refractivity contribution in [3.05, 3.63) is 30.3 Å². The maximum atomic E-state index is 12.0. The summed E-state index contributed by atoms with van der Waals surface area (Å²) >= 11 is 1.04. The fourth-order valence-corrected chi connectivity index (χ4v) is 2.71. The van der Waals surface area contributed by atoms with Crippen LogP contribution in [0, 0.1) is 0 Å². The van der Waals surface area contributed by atoms with E-state index in [1.54, 1.807) is 4.90 Å². The molecule has 0 aromatic heterocycles. The van der Waals surface area contributed by atoms with Crippen LogP contribution >= 0.6 is 11.8 Å². The third-order valence-corrected chi connectivity index (χ3v) is 3.93. The zero-order valence-electron chi connectivity index (χ0n) is 11.3. The quantitative estimate of drug-likeness (QED) is 0.809. The van der Waals surface area contributed by atoms with E-state index in [1.807, 2.05) is 30.3 Å². The minimum absolute atomic E-state index is 0.0234. The van der Waals surface area contributed by atoms with Crippen LogP contribution in [0.3, 0.4) is 0 Å². The number of carbonyl (C=O) groups is 3. The number of nitrogens with one attached hydrogen (secondary N) is 1. The molecule has 1 aliphatic rings. The molecule has 0 bridgehead atoms. The molecule has 112 valence electrons. The van der Waals surface area contributed by atoms with Gasteiger partial charge in [-0.15, -0.1) is 11.8 Å². The molecule has 0 radical (unpaired) electrons. The van der Waals surface area contributed by atoms with Gasteiger partial charge in [0.05, 0.1) is 17.5 Å². The molecule has 0 saturated carbocycles. The predicted molar refractivity (Wildman–Crippen MR) is 80.3 cm³/mol. The first-order valence-corrected chi connectivity index (χ1v) is 7.66. The molecule has 0 spiro atoms. The number of hydrogen-bond donors (Lipinski definition) is 2. The van der Waals surface area contributed by atoms with Gasteiger partial charge in [-0.05, 0) is 12.1 Å². The molecule has 6 nitrogen and oxygen atoms in total. The minimum atomic E-state index is -0.945. The zero-order valence-corrected chi connectivity index (χ0v) is 12.1. The second-order valence-corrected chi connectivity index (χ2v) is 5.68. The van der Waals surface area contributed by atoms with Crippen molar-refractivity contribution in [2.24, 2.45) is 0 Å². The van der Waals surface area contributed by atoms with Gasteiger partial charge in [0.2, 0.25) is 11.8 Å². The fraction of sp³-hybridized carbons (Fsp3) is 0.357. The third-order valence-electron chi connectivity index (χ3n) is 3.02. The van der Waals surface area contributed by atoms with Crippen LogP contribution < -0.4 is 10.2 Å². The second-order valence-electron chi connectivity index (χ2n) is 4.69. The number of carboxylic acid groups (broad SMARTS) is 1. The normalized spacial score (nSPS) is 17.8. The molecule has 1 unspecified atom stereocenters. The van der Waals surface area contributed by atoms with E-state index in [1.165, 1.54) is 0 Å². The Hall–Kier alpha value is -2.02. The lowest BCUT2D eigenvalue weighted by atomic mass is 10.2. The number of para-hydroxylation sites is 1. The van der Waals surface area contributed by atoms with Crippen molar-refractivity contribution in [1.82, 2.24) is 5.32 Å². The van der Waals surface area contributed by atoms with Crippen molar-refractivity contribution in [3.8, 4) is 0 Å². The number of nitrogens with zero attached hydrogens (tertiary/aromatic N) is 1. The smallest absolute Gasteiger partial charge is 0.313 e. The minimum Gasteiger partial charge on any atom is -0.481 e. The lowest BCUT2D eigenvalue weighted by Crippen LogP contribution is -2.38. The molecular formula is C14H16N2O4S. The van der Waals surface area contributed by atoms with Crippen molar-refractivity contribution >= 4 is 35.2 Å². The van der Waals surface area contributed by atoms with Crippen LogP contribution in [0.1, 0.15) is 6.42 Å². The number of thioether (sulfide) groups is 1. The third kappa shape index (κ3) is 4.49. The first kappa shape index (κ1) is 15.4. The van der Waals surface area contributed by atoms with Crippen molar-refractivity contribution in [2.75, 3.05) is 23.0 Å². The van der Waals surface area contributed by atoms with Gasteiger partial charge in [0.15, 0.2) is 0 Å². The summed E-state index contributed by atoms with van der Waals surface area (Å²) in [4.78, 5) is 35.6. The van der Waals surface area contributed by atoms with Crippen molar-refractivity contribution in [2.45, 2.75) is 12.5 Å². The molecule has 0 aliphatic carbocycles. The van der Waals surface area contributed by atoms with Crippen LogP contribution in [0.15, 0.2) is 30.3 Å². The van der Waals surface area contributed by atoms with Crippen LogP contribution in [-0.4, -0.2) is 47.0 Å². The first-order chi connectivity index (χ1) is 10.1. The number of aliphatic carboxylic acids is 1. The summed E-state index contributed by atoms with van der Waals surface area (Å²) in [5.41, 5.74) is 0.819. The lowest BCUT2D eigenvalue weighted by molar-refractivity contribution is -0.133. The zero-order chi connectivity index (χ0) is 15.2. The van der Waals surface area contributed by atoms with Crippen molar-refractivity contribution in [3.63, 3.8) is 0 Å². The molecule has 2 rings (SSSR count). The molecule has 1 aromatic rings. The van der Waals surface area contributed by atoms with Crippen LogP contribution in [-0.2, 0) is 14.4 Å². The Morgan fingerprint density at radius 2 is 2.00 bits per heavy atom. The van der Waals surface area contributed by atoms with E-state index in [9.17, 15) is 14.4 Å². The van der Waals surface area contributed by atoms with Gasteiger partial charge >= 0.3 is 5.97 Å².